The van der Waals surface area contributed by atoms with Crippen LogP contribution >= 0.6 is 11.3 Å². The second kappa shape index (κ2) is 10.1. The fourth-order valence-electron chi connectivity index (χ4n) is 2.10. The van der Waals surface area contributed by atoms with Gasteiger partial charge in [0.15, 0.2) is 16.9 Å². The van der Waals surface area contributed by atoms with E-state index in [4.69, 9.17) is 4.74 Å². The zero-order chi connectivity index (χ0) is 18.9. The lowest BCUT2D eigenvalue weighted by Crippen LogP contribution is -2.38. The Morgan fingerprint density at radius 2 is 2.15 bits per heavy atom. The lowest BCUT2D eigenvalue weighted by molar-refractivity contribution is 0.195. The van der Waals surface area contributed by atoms with E-state index in [1.54, 1.807) is 18.4 Å². The quantitative estimate of drug-likeness (QED) is 0.380. The molecule has 10 heteroatoms. The van der Waals surface area contributed by atoms with Crippen molar-refractivity contribution < 1.29 is 4.74 Å². The van der Waals surface area contributed by atoms with E-state index in [-0.39, 0.29) is 0 Å². The molecule has 26 heavy (non-hydrogen) atoms. The average Bonchev–Trinajstić information content (AvgIpc) is 3.22. The Bertz CT molecular complexity index is 709. The Morgan fingerprint density at radius 1 is 1.35 bits per heavy atom. The SMILES string of the molecule is COCCCNC(=NCc1csc(N(C)C)n1)NCc1nnc(C)n1C. The summed E-state index contributed by atoms with van der Waals surface area (Å²) >= 11 is 1.62. The molecule has 0 aromatic carbocycles. The summed E-state index contributed by atoms with van der Waals surface area (Å²) in [5.41, 5.74) is 0.950. The van der Waals surface area contributed by atoms with Crippen LogP contribution in [0, 0.1) is 6.92 Å². The maximum Gasteiger partial charge on any atom is 0.192 e. The normalized spacial score (nSPS) is 11.7. The predicted octanol–water partition coefficient (Wildman–Crippen LogP) is 0.918. The molecule has 0 spiro atoms. The predicted molar refractivity (Wildman–Crippen MR) is 105 cm³/mol. The van der Waals surface area contributed by atoms with E-state index in [1.807, 2.05) is 42.9 Å². The summed E-state index contributed by atoms with van der Waals surface area (Å²) in [5, 5.41) is 17.9. The number of methoxy groups -OCH3 is 1. The number of thiazole rings is 1. The van der Waals surface area contributed by atoms with Crippen LogP contribution in [0.4, 0.5) is 5.13 Å². The lowest BCUT2D eigenvalue weighted by atomic mass is 10.4. The molecule has 0 amide bonds. The highest BCUT2D eigenvalue weighted by Gasteiger charge is 2.07. The maximum atomic E-state index is 5.09. The van der Waals surface area contributed by atoms with Crippen molar-refractivity contribution in [3.63, 3.8) is 0 Å². The fraction of sp³-hybridized carbons (Fsp3) is 0.625. The molecule has 0 bridgehead atoms. The first kappa shape index (κ1) is 20.1. The minimum atomic E-state index is 0.516. The van der Waals surface area contributed by atoms with Gasteiger partial charge in [-0.05, 0) is 13.3 Å². The first-order chi connectivity index (χ1) is 12.5. The lowest BCUT2D eigenvalue weighted by Gasteiger charge is -2.12. The van der Waals surface area contributed by atoms with Gasteiger partial charge in [-0.1, -0.05) is 0 Å². The molecular formula is C16H28N8OS. The molecule has 0 saturated carbocycles. The second-order valence-corrected chi connectivity index (χ2v) is 6.87. The molecule has 0 aliphatic heterocycles. The highest BCUT2D eigenvalue weighted by molar-refractivity contribution is 7.13. The van der Waals surface area contributed by atoms with E-state index >= 15 is 0 Å². The van der Waals surface area contributed by atoms with E-state index in [0.717, 1.165) is 41.4 Å². The number of nitrogens with zero attached hydrogens (tertiary/aromatic N) is 6. The van der Waals surface area contributed by atoms with Crippen LogP contribution < -0.4 is 15.5 Å². The number of ether oxygens (including phenoxy) is 1. The van der Waals surface area contributed by atoms with Crippen molar-refractivity contribution in [1.82, 2.24) is 30.4 Å². The number of aromatic nitrogens is 4. The summed E-state index contributed by atoms with van der Waals surface area (Å²) in [6.45, 7) is 4.48. The summed E-state index contributed by atoms with van der Waals surface area (Å²) < 4.78 is 7.05. The molecule has 2 N–H and O–H groups in total. The average molecular weight is 381 g/mol. The van der Waals surface area contributed by atoms with E-state index in [0.29, 0.717) is 19.7 Å². The molecule has 2 heterocycles. The van der Waals surface area contributed by atoms with Crippen LogP contribution in [0.25, 0.3) is 0 Å². The number of guanidine groups is 1. The number of rotatable bonds is 9. The Hall–Kier alpha value is -2.20. The van der Waals surface area contributed by atoms with Crippen molar-refractivity contribution in [2.24, 2.45) is 12.0 Å². The summed E-state index contributed by atoms with van der Waals surface area (Å²) in [6.07, 6.45) is 0.905. The number of aryl methyl sites for hydroxylation is 1. The van der Waals surface area contributed by atoms with E-state index in [2.05, 4.69) is 30.8 Å². The van der Waals surface area contributed by atoms with Crippen molar-refractivity contribution in [2.45, 2.75) is 26.4 Å². The largest absolute Gasteiger partial charge is 0.385 e. The number of nitrogens with one attached hydrogen (secondary N) is 2. The smallest absolute Gasteiger partial charge is 0.192 e. The monoisotopic (exact) mass is 380 g/mol. The highest BCUT2D eigenvalue weighted by atomic mass is 32.1. The van der Waals surface area contributed by atoms with Crippen molar-refractivity contribution >= 4 is 22.4 Å². The molecule has 0 aliphatic rings. The van der Waals surface area contributed by atoms with Crippen LogP contribution in [-0.2, 0) is 24.9 Å². The number of anilines is 1. The third kappa shape index (κ3) is 5.95. The summed E-state index contributed by atoms with van der Waals surface area (Å²) in [7, 11) is 7.62. The molecule has 0 unspecified atom stereocenters. The van der Waals surface area contributed by atoms with Gasteiger partial charge in [0.2, 0.25) is 0 Å². The molecular weight excluding hydrogens is 352 g/mol. The standard InChI is InChI=1S/C16H28N8OS/c1-12-21-22-14(24(12)4)10-19-15(17-7-6-8-25-5)18-9-13-11-26-16(20-13)23(2)3/h11H,6-10H2,1-5H3,(H2,17,18,19). The van der Waals surface area contributed by atoms with Crippen molar-refractivity contribution in [1.29, 1.82) is 0 Å². The molecule has 2 aromatic rings. The van der Waals surface area contributed by atoms with Crippen LogP contribution in [0.2, 0.25) is 0 Å². The Kier molecular flexibility index (Phi) is 7.79. The topological polar surface area (TPSA) is 92.5 Å². The van der Waals surface area contributed by atoms with E-state index in [1.165, 1.54) is 0 Å². The molecule has 144 valence electrons. The zero-order valence-corrected chi connectivity index (χ0v) is 16.9. The van der Waals surface area contributed by atoms with Gasteiger partial charge in [0, 0.05) is 46.8 Å². The Balaban J connectivity index is 1.97. The molecule has 2 aromatic heterocycles. The van der Waals surface area contributed by atoms with Crippen LogP contribution in [0.5, 0.6) is 0 Å². The van der Waals surface area contributed by atoms with E-state index < -0.39 is 0 Å². The number of hydrogen-bond donors (Lipinski definition) is 2. The van der Waals surface area contributed by atoms with Gasteiger partial charge in [0.1, 0.15) is 5.82 Å². The van der Waals surface area contributed by atoms with Crippen molar-refractivity contribution in [3.05, 3.63) is 22.7 Å². The first-order valence-electron chi connectivity index (χ1n) is 8.49. The van der Waals surface area contributed by atoms with Gasteiger partial charge < -0.3 is 24.8 Å². The van der Waals surface area contributed by atoms with Crippen LogP contribution in [-0.4, -0.2) is 60.1 Å². The number of hydrogen-bond acceptors (Lipinski definition) is 7. The van der Waals surface area contributed by atoms with Crippen LogP contribution in [0.1, 0.15) is 23.8 Å². The van der Waals surface area contributed by atoms with Crippen LogP contribution in [0.3, 0.4) is 0 Å². The van der Waals surface area contributed by atoms with Gasteiger partial charge in [-0.25, -0.2) is 9.98 Å². The minimum Gasteiger partial charge on any atom is -0.385 e. The molecule has 0 saturated heterocycles. The third-order valence-electron chi connectivity index (χ3n) is 3.74. The summed E-state index contributed by atoms with van der Waals surface area (Å²) in [6, 6.07) is 0. The van der Waals surface area contributed by atoms with Crippen molar-refractivity contribution in [2.75, 3.05) is 39.3 Å². The molecule has 2 rings (SSSR count). The van der Waals surface area contributed by atoms with Crippen molar-refractivity contribution in [3.8, 4) is 0 Å². The summed E-state index contributed by atoms with van der Waals surface area (Å²) in [4.78, 5) is 11.2. The van der Waals surface area contributed by atoms with Gasteiger partial charge in [-0.15, -0.1) is 21.5 Å². The molecule has 9 nitrogen and oxygen atoms in total. The highest BCUT2D eigenvalue weighted by Crippen LogP contribution is 2.18. The third-order valence-corrected chi connectivity index (χ3v) is 4.79. The molecule has 0 aliphatic carbocycles. The second-order valence-electron chi connectivity index (χ2n) is 6.03. The van der Waals surface area contributed by atoms with Gasteiger partial charge in [0.05, 0.1) is 18.8 Å². The van der Waals surface area contributed by atoms with Gasteiger partial charge in [-0.3, -0.25) is 0 Å². The Morgan fingerprint density at radius 3 is 2.77 bits per heavy atom. The maximum absolute atomic E-state index is 5.09. The zero-order valence-electron chi connectivity index (χ0n) is 16.1. The van der Waals surface area contributed by atoms with E-state index in [9.17, 15) is 0 Å². The van der Waals surface area contributed by atoms with Crippen LogP contribution in [0.15, 0.2) is 10.4 Å². The molecule has 0 fully saturated rings. The summed E-state index contributed by atoms with van der Waals surface area (Å²) in [5.74, 6) is 2.46. The van der Waals surface area contributed by atoms with Gasteiger partial charge >= 0.3 is 0 Å². The minimum absolute atomic E-state index is 0.516. The number of aliphatic imine (C=N–C) groups is 1. The molecule has 0 atom stereocenters. The first-order valence-corrected chi connectivity index (χ1v) is 9.37. The van der Waals surface area contributed by atoms with Gasteiger partial charge in [0.25, 0.3) is 0 Å². The fourth-order valence-corrected chi connectivity index (χ4v) is 2.85. The van der Waals surface area contributed by atoms with Gasteiger partial charge in [-0.2, -0.15) is 0 Å². The molecule has 0 radical (unpaired) electrons. The Labute approximate surface area is 158 Å².